The van der Waals surface area contributed by atoms with Crippen LogP contribution in [0.1, 0.15) is 31.5 Å². The quantitative estimate of drug-likeness (QED) is 0.700. The highest BCUT2D eigenvalue weighted by Gasteiger charge is 2.12. The zero-order valence-corrected chi connectivity index (χ0v) is 8.88. The number of alkyl halides is 1. The highest BCUT2D eigenvalue weighted by atomic mass is 35.5. The van der Waals surface area contributed by atoms with Gasteiger partial charge in [-0.15, -0.1) is 21.8 Å². The maximum atomic E-state index is 5.73. The van der Waals surface area contributed by atoms with Crippen molar-refractivity contribution in [3.05, 3.63) is 11.6 Å². The SMILES string of the molecule is COCc1nnc(CCl)n1C(C)C. The zero-order valence-electron chi connectivity index (χ0n) is 8.12. The summed E-state index contributed by atoms with van der Waals surface area (Å²) in [6.45, 7) is 4.61. The van der Waals surface area contributed by atoms with E-state index in [1.165, 1.54) is 0 Å². The van der Waals surface area contributed by atoms with Crippen LogP contribution in [0.15, 0.2) is 0 Å². The number of aromatic nitrogens is 3. The van der Waals surface area contributed by atoms with Crippen molar-refractivity contribution in [1.82, 2.24) is 14.8 Å². The summed E-state index contributed by atoms with van der Waals surface area (Å²) in [5.74, 6) is 2.01. The molecule has 0 radical (unpaired) electrons. The Hall–Kier alpha value is -0.610. The lowest BCUT2D eigenvalue weighted by molar-refractivity contribution is 0.172. The van der Waals surface area contributed by atoms with Gasteiger partial charge >= 0.3 is 0 Å². The average Bonchev–Trinajstić information content (AvgIpc) is 2.48. The van der Waals surface area contributed by atoms with Crippen molar-refractivity contribution in [2.24, 2.45) is 0 Å². The van der Waals surface area contributed by atoms with Gasteiger partial charge in [-0.05, 0) is 13.8 Å². The molecule has 0 aromatic carbocycles. The first kappa shape index (κ1) is 10.5. The molecule has 0 aliphatic heterocycles. The van der Waals surface area contributed by atoms with E-state index in [9.17, 15) is 0 Å². The van der Waals surface area contributed by atoms with Crippen LogP contribution in [0.25, 0.3) is 0 Å². The van der Waals surface area contributed by atoms with E-state index in [0.717, 1.165) is 11.6 Å². The van der Waals surface area contributed by atoms with Gasteiger partial charge in [0.25, 0.3) is 0 Å². The van der Waals surface area contributed by atoms with E-state index >= 15 is 0 Å². The molecule has 0 N–H and O–H groups in total. The Morgan fingerprint density at radius 1 is 1.38 bits per heavy atom. The third-order valence-corrected chi connectivity index (χ3v) is 1.99. The van der Waals surface area contributed by atoms with E-state index in [2.05, 4.69) is 24.0 Å². The maximum absolute atomic E-state index is 5.73. The van der Waals surface area contributed by atoms with E-state index in [4.69, 9.17) is 16.3 Å². The van der Waals surface area contributed by atoms with Gasteiger partial charge in [-0.1, -0.05) is 0 Å². The topological polar surface area (TPSA) is 39.9 Å². The van der Waals surface area contributed by atoms with E-state index in [0.29, 0.717) is 18.5 Å². The lowest BCUT2D eigenvalue weighted by Gasteiger charge is -2.12. The van der Waals surface area contributed by atoms with Gasteiger partial charge in [-0.3, -0.25) is 0 Å². The molecule has 0 atom stereocenters. The van der Waals surface area contributed by atoms with Gasteiger partial charge in [0.2, 0.25) is 0 Å². The second kappa shape index (κ2) is 4.58. The number of nitrogens with zero attached hydrogens (tertiary/aromatic N) is 3. The minimum atomic E-state index is 0.314. The molecule has 1 aromatic rings. The van der Waals surface area contributed by atoms with Crippen molar-refractivity contribution >= 4 is 11.6 Å². The highest BCUT2D eigenvalue weighted by molar-refractivity contribution is 6.16. The van der Waals surface area contributed by atoms with E-state index in [-0.39, 0.29) is 0 Å². The van der Waals surface area contributed by atoms with Crippen LogP contribution >= 0.6 is 11.6 Å². The van der Waals surface area contributed by atoms with Crippen molar-refractivity contribution in [3.63, 3.8) is 0 Å². The summed E-state index contributed by atoms with van der Waals surface area (Å²) >= 11 is 5.73. The normalized spacial score (nSPS) is 11.2. The van der Waals surface area contributed by atoms with Gasteiger partial charge in [0.1, 0.15) is 12.4 Å². The minimum absolute atomic E-state index is 0.314. The van der Waals surface area contributed by atoms with Crippen LogP contribution in [0, 0.1) is 0 Å². The Morgan fingerprint density at radius 2 is 2.00 bits per heavy atom. The Kier molecular flexibility index (Phi) is 3.69. The van der Waals surface area contributed by atoms with Crippen LogP contribution < -0.4 is 0 Å². The molecule has 1 rings (SSSR count). The molecule has 5 heteroatoms. The van der Waals surface area contributed by atoms with Crippen molar-refractivity contribution < 1.29 is 4.74 Å². The predicted molar refractivity (Wildman–Crippen MR) is 50.7 cm³/mol. The molecule has 74 valence electrons. The average molecular weight is 204 g/mol. The van der Waals surface area contributed by atoms with Crippen molar-refractivity contribution in [2.75, 3.05) is 7.11 Å². The lowest BCUT2D eigenvalue weighted by atomic mass is 10.3. The Labute approximate surface area is 82.9 Å². The van der Waals surface area contributed by atoms with E-state index < -0.39 is 0 Å². The Bertz CT molecular complexity index is 272. The highest BCUT2D eigenvalue weighted by Crippen LogP contribution is 2.13. The molecule has 0 fully saturated rings. The molecule has 0 amide bonds. The molecule has 1 aromatic heterocycles. The number of hydrogen-bond acceptors (Lipinski definition) is 3. The fourth-order valence-corrected chi connectivity index (χ4v) is 1.46. The Balaban J connectivity index is 2.99. The minimum Gasteiger partial charge on any atom is -0.377 e. The molecule has 1 heterocycles. The third kappa shape index (κ3) is 2.19. The molecule has 4 nitrogen and oxygen atoms in total. The van der Waals surface area contributed by atoms with Gasteiger partial charge in [-0.25, -0.2) is 0 Å². The molecule has 0 aliphatic rings. The molecular weight excluding hydrogens is 190 g/mol. The van der Waals surface area contributed by atoms with Crippen LogP contribution in [0.3, 0.4) is 0 Å². The molecule has 0 aliphatic carbocycles. The number of halogens is 1. The summed E-state index contributed by atoms with van der Waals surface area (Å²) in [4.78, 5) is 0. The fraction of sp³-hybridized carbons (Fsp3) is 0.750. The fourth-order valence-electron chi connectivity index (χ4n) is 1.28. The summed E-state index contributed by atoms with van der Waals surface area (Å²) in [5, 5.41) is 7.98. The van der Waals surface area contributed by atoms with Crippen molar-refractivity contribution in [3.8, 4) is 0 Å². The van der Waals surface area contributed by atoms with Crippen LogP contribution in [-0.4, -0.2) is 21.9 Å². The van der Waals surface area contributed by atoms with Crippen molar-refractivity contribution in [2.45, 2.75) is 32.4 Å². The monoisotopic (exact) mass is 203 g/mol. The second-order valence-corrected chi connectivity index (χ2v) is 3.33. The van der Waals surface area contributed by atoms with Crippen LogP contribution in [0.5, 0.6) is 0 Å². The van der Waals surface area contributed by atoms with Crippen molar-refractivity contribution in [1.29, 1.82) is 0 Å². The van der Waals surface area contributed by atoms with Gasteiger partial charge in [0.05, 0.1) is 5.88 Å². The molecule has 0 spiro atoms. The third-order valence-electron chi connectivity index (χ3n) is 1.75. The first-order valence-electron chi connectivity index (χ1n) is 4.18. The summed E-state index contributed by atoms with van der Waals surface area (Å²) in [6.07, 6.45) is 0. The molecule has 0 bridgehead atoms. The first-order chi connectivity index (χ1) is 6.20. The number of hydrogen-bond donors (Lipinski definition) is 0. The Morgan fingerprint density at radius 3 is 2.46 bits per heavy atom. The molecule has 0 saturated heterocycles. The van der Waals surface area contributed by atoms with Crippen LogP contribution in [-0.2, 0) is 17.2 Å². The smallest absolute Gasteiger partial charge is 0.159 e. The summed E-state index contributed by atoms with van der Waals surface area (Å²) in [7, 11) is 1.64. The summed E-state index contributed by atoms with van der Waals surface area (Å²) in [6, 6.07) is 0.314. The zero-order chi connectivity index (χ0) is 9.84. The van der Waals surface area contributed by atoms with Gasteiger partial charge in [0.15, 0.2) is 5.82 Å². The molecule has 0 saturated carbocycles. The number of ether oxygens (including phenoxy) is 1. The van der Waals surface area contributed by atoms with Crippen LogP contribution in [0.4, 0.5) is 0 Å². The number of methoxy groups -OCH3 is 1. The van der Waals surface area contributed by atoms with Gasteiger partial charge in [0, 0.05) is 13.2 Å². The summed E-state index contributed by atoms with van der Waals surface area (Å²) in [5.41, 5.74) is 0. The largest absolute Gasteiger partial charge is 0.377 e. The first-order valence-corrected chi connectivity index (χ1v) is 4.71. The van der Waals surface area contributed by atoms with Gasteiger partial charge in [-0.2, -0.15) is 0 Å². The number of rotatable bonds is 4. The lowest BCUT2D eigenvalue weighted by Crippen LogP contribution is -2.10. The summed E-state index contributed by atoms with van der Waals surface area (Å²) < 4.78 is 7.01. The van der Waals surface area contributed by atoms with E-state index in [1.54, 1.807) is 7.11 Å². The van der Waals surface area contributed by atoms with Gasteiger partial charge < -0.3 is 9.30 Å². The van der Waals surface area contributed by atoms with Crippen LogP contribution in [0.2, 0.25) is 0 Å². The molecule has 0 unspecified atom stereocenters. The maximum Gasteiger partial charge on any atom is 0.159 e. The van der Waals surface area contributed by atoms with E-state index in [1.807, 2.05) is 4.57 Å². The molecular formula is C8H14ClN3O. The second-order valence-electron chi connectivity index (χ2n) is 3.06. The predicted octanol–water partition coefficient (Wildman–Crippen LogP) is 1.74. The standard InChI is InChI=1S/C8H14ClN3O/c1-6(2)12-7(4-9)10-11-8(12)5-13-3/h6H,4-5H2,1-3H3. The molecule has 13 heavy (non-hydrogen) atoms.